The number of carbonyl (C=O) groups is 2. The van der Waals surface area contributed by atoms with E-state index in [1.54, 1.807) is 23.1 Å². The Labute approximate surface area is 174 Å². The van der Waals surface area contributed by atoms with Gasteiger partial charge in [0.25, 0.3) is 10.0 Å². The molecule has 30 heavy (non-hydrogen) atoms. The molecule has 1 aliphatic carbocycles. The molecule has 1 saturated heterocycles. The molecular formula is C22H21FN2O4S. The third-order valence-electron chi connectivity index (χ3n) is 5.52. The molecule has 4 rings (SSSR count). The van der Waals surface area contributed by atoms with E-state index in [-0.39, 0.29) is 22.5 Å². The third-order valence-corrected chi connectivity index (χ3v) is 6.94. The molecule has 0 unspecified atom stereocenters. The molecule has 0 aromatic heterocycles. The van der Waals surface area contributed by atoms with Gasteiger partial charge >= 0.3 is 0 Å². The molecule has 0 spiro atoms. The van der Waals surface area contributed by atoms with Crippen LogP contribution in [0.15, 0.2) is 59.1 Å². The Morgan fingerprint density at radius 2 is 1.50 bits per heavy atom. The Hall–Kier alpha value is -3.00. The van der Waals surface area contributed by atoms with Crippen LogP contribution >= 0.6 is 0 Å². The predicted molar refractivity (Wildman–Crippen MR) is 111 cm³/mol. The fraction of sp³-hybridized carbons (Fsp3) is 0.273. The van der Waals surface area contributed by atoms with E-state index < -0.39 is 32.3 Å². The zero-order chi connectivity index (χ0) is 21.5. The largest absolute Gasteiger partial charge is 0.367 e. The molecule has 0 radical (unpaired) electrons. The predicted octanol–water partition coefficient (Wildman–Crippen LogP) is 3.59. The van der Waals surface area contributed by atoms with Gasteiger partial charge in [-0.05, 0) is 43.0 Å². The maximum atomic E-state index is 13.3. The van der Waals surface area contributed by atoms with Gasteiger partial charge in [-0.25, -0.2) is 12.8 Å². The highest BCUT2D eigenvalue weighted by atomic mass is 32.2. The molecule has 2 aromatic carbocycles. The number of halogens is 1. The van der Waals surface area contributed by atoms with Crippen molar-refractivity contribution in [1.29, 1.82) is 0 Å². The monoisotopic (exact) mass is 428 g/mol. The van der Waals surface area contributed by atoms with Crippen molar-refractivity contribution in [1.82, 2.24) is 4.90 Å². The summed E-state index contributed by atoms with van der Waals surface area (Å²) in [6, 6.07) is 11.0. The van der Waals surface area contributed by atoms with E-state index in [1.165, 1.54) is 18.2 Å². The van der Waals surface area contributed by atoms with Crippen molar-refractivity contribution in [3.05, 3.63) is 76.1 Å². The molecule has 8 heteroatoms. The Morgan fingerprint density at radius 1 is 0.933 bits per heavy atom. The van der Waals surface area contributed by atoms with Crippen molar-refractivity contribution in [3.63, 3.8) is 0 Å². The third kappa shape index (κ3) is 3.63. The number of allylic oxidation sites excluding steroid dienone is 2. The summed E-state index contributed by atoms with van der Waals surface area (Å²) in [5.74, 6) is -1.24. The highest BCUT2D eigenvalue weighted by molar-refractivity contribution is 7.97. The summed E-state index contributed by atoms with van der Waals surface area (Å²) in [5, 5.41) is 0. The number of sulfonamides is 1. The zero-order valence-electron chi connectivity index (χ0n) is 16.4. The number of likely N-dealkylation sites (tertiary alicyclic amines) is 1. The van der Waals surface area contributed by atoms with Crippen LogP contribution in [0.4, 0.5) is 10.1 Å². The highest BCUT2D eigenvalue weighted by Gasteiger charge is 2.42. The second-order valence-corrected chi connectivity index (χ2v) is 9.28. The van der Waals surface area contributed by atoms with E-state index in [4.69, 9.17) is 0 Å². The van der Waals surface area contributed by atoms with Crippen LogP contribution in [0.25, 0.3) is 0 Å². The van der Waals surface area contributed by atoms with Crippen LogP contribution in [0, 0.1) is 11.7 Å². The van der Waals surface area contributed by atoms with E-state index >= 15 is 0 Å². The number of ketones is 2. The van der Waals surface area contributed by atoms with Crippen LogP contribution in [-0.4, -0.2) is 38.0 Å². The van der Waals surface area contributed by atoms with Crippen molar-refractivity contribution in [3.8, 4) is 0 Å². The van der Waals surface area contributed by atoms with Gasteiger partial charge in [0.1, 0.15) is 11.5 Å². The smallest absolute Gasteiger partial charge is 0.268 e. The van der Waals surface area contributed by atoms with Gasteiger partial charge in [0.2, 0.25) is 11.6 Å². The van der Waals surface area contributed by atoms with Crippen molar-refractivity contribution >= 4 is 27.3 Å². The average molecular weight is 428 g/mol. The van der Waals surface area contributed by atoms with Crippen molar-refractivity contribution < 1.29 is 22.4 Å². The maximum absolute atomic E-state index is 13.3. The van der Waals surface area contributed by atoms with Gasteiger partial charge in [0.15, 0.2) is 4.91 Å². The molecule has 0 saturated carbocycles. The number of benzene rings is 2. The second-order valence-electron chi connectivity index (χ2n) is 7.66. The molecule has 1 aliphatic heterocycles. The first kappa shape index (κ1) is 20.3. The van der Waals surface area contributed by atoms with Crippen molar-refractivity contribution in [2.45, 2.75) is 19.8 Å². The van der Waals surface area contributed by atoms with Crippen LogP contribution in [-0.2, 0) is 10.0 Å². The summed E-state index contributed by atoms with van der Waals surface area (Å²) in [5.41, 5.74) is 0.294. The van der Waals surface area contributed by atoms with Crippen LogP contribution in [0.1, 0.15) is 40.5 Å². The number of nitrogens with one attached hydrogen (secondary N) is 1. The molecule has 1 fully saturated rings. The fourth-order valence-electron chi connectivity index (χ4n) is 3.83. The van der Waals surface area contributed by atoms with Gasteiger partial charge in [-0.15, -0.1) is 0 Å². The molecule has 2 aromatic rings. The standard InChI is InChI=1S/C22H21FN2O4S/c1-14-10-12-25(13-11-14)19-20(26)17-4-2-3-5-18(17)21(27)22(19)30(28,29)24-16-8-6-15(23)7-9-16/h2-9,14,24H,10-13H2,1H3. The van der Waals surface area contributed by atoms with E-state index in [0.717, 1.165) is 25.0 Å². The second kappa shape index (κ2) is 7.68. The maximum Gasteiger partial charge on any atom is 0.268 e. The number of carbonyl (C=O) groups excluding carboxylic acids is 2. The lowest BCUT2D eigenvalue weighted by molar-refractivity contribution is 0.0933. The number of hydrogen-bond donors (Lipinski definition) is 1. The van der Waals surface area contributed by atoms with Crippen LogP contribution < -0.4 is 4.72 Å². The lowest BCUT2D eigenvalue weighted by atomic mass is 9.90. The highest BCUT2D eigenvalue weighted by Crippen LogP contribution is 2.34. The summed E-state index contributed by atoms with van der Waals surface area (Å²) in [6.45, 7) is 3.09. The first-order chi connectivity index (χ1) is 14.3. The zero-order valence-corrected chi connectivity index (χ0v) is 17.2. The summed E-state index contributed by atoms with van der Waals surface area (Å²) in [6.07, 6.45) is 1.59. The Kier molecular flexibility index (Phi) is 5.19. The Morgan fingerprint density at radius 3 is 2.10 bits per heavy atom. The van der Waals surface area contributed by atoms with E-state index in [0.29, 0.717) is 19.0 Å². The number of anilines is 1. The first-order valence-corrected chi connectivity index (χ1v) is 11.2. The van der Waals surface area contributed by atoms with Crippen molar-refractivity contribution in [2.24, 2.45) is 5.92 Å². The summed E-state index contributed by atoms with van der Waals surface area (Å²) < 4.78 is 42.0. The number of fused-ring (bicyclic) bond motifs is 1. The van der Waals surface area contributed by atoms with E-state index in [9.17, 15) is 22.4 Å². The quantitative estimate of drug-likeness (QED) is 0.805. The SMILES string of the molecule is CC1CCN(C2=C(S(=O)(=O)Nc3ccc(F)cc3)C(=O)c3ccccc3C2=O)CC1. The minimum atomic E-state index is -4.39. The Balaban J connectivity index is 1.84. The number of rotatable bonds is 4. The molecular weight excluding hydrogens is 407 g/mol. The minimum Gasteiger partial charge on any atom is -0.367 e. The molecule has 6 nitrogen and oxygen atoms in total. The van der Waals surface area contributed by atoms with E-state index in [2.05, 4.69) is 11.6 Å². The van der Waals surface area contributed by atoms with Crippen molar-refractivity contribution in [2.75, 3.05) is 17.8 Å². The summed E-state index contributed by atoms with van der Waals surface area (Å²) in [4.78, 5) is 27.7. The fourth-order valence-corrected chi connectivity index (χ4v) is 5.21. The van der Waals surface area contributed by atoms with Gasteiger partial charge < -0.3 is 4.90 Å². The van der Waals surface area contributed by atoms with Gasteiger partial charge in [-0.1, -0.05) is 31.2 Å². The van der Waals surface area contributed by atoms with Gasteiger partial charge in [0, 0.05) is 29.9 Å². The van der Waals surface area contributed by atoms with Gasteiger partial charge in [-0.2, -0.15) is 0 Å². The normalized spacial score (nSPS) is 17.9. The number of piperidine rings is 1. The molecule has 1 heterocycles. The molecule has 2 aliphatic rings. The molecule has 156 valence electrons. The first-order valence-electron chi connectivity index (χ1n) is 9.74. The van der Waals surface area contributed by atoms with Crippen LogP contribution in [0.5, 0.6) is 0 Å². The molecule has 1 N–H and O–H groups in total. The number of hydrogen-bond acceptors (Lipinski definition) is 5. The Bertz CT molecular complexity index is 1150. The molecule has 0 amide bonds. The van der Waals surface area contributed by atoms with Gasteiger partial charge in [-0.3, -0.25) is 14.3 Å². The number of Topliss-reactive ketones (excluding diaryl/α,β-unsaturated/α-hetero) is 2. The summed E-state index contributed by atoms with van der Waals surface area (Å²) >= 11 is 0. The average Bonchev–Trinajstić information content (AvgIpc) is 2.72. The topological polar surface area (TPSA) is 83.6 Å². The van der Waals surface area contributed by atoms with E-state index in [1.807, 2.05) is 0 Å². The lowest BCUT2D eigenvalue weighted by Gasteiger charge is -2.35. The number of nitrogens with zero attached hydrogens (tertiary/aromatic N) is 1. The van der Waals surface area contributed by atoms with Crippen LogP contribution in [0.3, 0.4) is 0 Å². The lowest BCUT2D eigenvalue weighted by Crippen LogP contribution is -2.41. The minimum absolute atomic E-state index is 0.0658. The van der Waals surface area contributed by atoms with Gasteiger partial charge in [0.05, 0.1) is 0 Å². The van der Waals surface area contributed by atoms with Crippen LogP contribution in [0.2, 0.25) is 0 Å². The summed E-state index contributed by atoms with van der Waals surface area (Å²) in [7, 11) is -4.39. The molecule has 0 atom stereocenters. The molecule has 0 bridgehead atoms.